The molecule has 2 aromatic rings. The number of nitrogens with zero attached hydrogens (tertiary/aromatic N) is 4. The zero-order valence-electron chi connectivity index (χ0n) is 9.40. The summed E-state index contributed by atoms with van der Waals surface area (Å²) in [7, 11) is 1.81. The van der Waals surface area contributed by atoms with Crippen molar-refractivity contribution in [3.63, 3.8) is 0 Å². The standard InChI is InChI=1S/C10H13ClN4O/c1-6-8(5-16)10(14(3)12-6)15-4-9(11)7(2)13-15/h4,16H,5H2,1-3H3. The molecule has 0 atom stereocenters. The summed E-state index contributed by atoms with van der Waals surface area (Å²) in [6, 6.07) is 0. The normalized spacial score (nSPS) is 11.1. The Labute approximate surface area is 98.3 Å². The van der Waals surface area contributed by atoms with Gasteiger partial charge in [0.2, 0.25) is 0 Å². The Balaban J connectivity index is 2.63. The summed E-state index contributed by atoms with van der Waals surface area (Å²) >= 11 is 5.96. The largest absolute Gasteiger partial charge is 0.391 e. The van der Waals surface area contributed by atoms with Crippen molar-refractivity contribution in [3.05, 3.63) is 28.2 Å². The zero-order chi connectivity index (χ0) is 11.9. The Hall–Kier alpha value is -1.33. The molecule has 0 amide bonds. The van der Waals surface area contributed by atoms with Crippen LogP contribution in [0.4, 0.5) is 0 Å². The molecule has 86 valence electrons. The summed E-state index contributed by atoms with van der Waals surface area (Å²) < 4.78 is 3.33. The second kappa shape index (κ2) is 3.92. The lowest BCUT2D eigenvalue weighted by Crippen LogP contribution is -2.06. The van der Waals surface area contributed by atoms with Gasteiger partial charge in [-0.3, -0.25) is 4.68 Å². The maximum Gasteiger partial charge on any atom is 0.157 e. The predicted molar refractivity (Wildman–Crippen MR) is 60.7 cm³/mol. The molecule has 0 saturated carbocycles. The highest BCUT2D eigenvalue weighted by atomic mass is 35.5. The van der Waals surface area contributed by atoms with E-state index < -0.39 is 0 Å². The van der Waals surface area contributed by atoms with Gasteiger partial charge in [-0.1, -0.05) is 11.6 Å². The average Bonchev–Trinajstić information content (AvgIpc) is 2.67. The van der Waals surface area contributed by atoms with Crippen LogP contribution in [0.15, 0.2) is 6.20 Å². The van der Waals surface area contributed by atoms with Crippen LogP contribution < -0.4 is 0 Å². The Morgan fingerprint density at radius 2 is 2.00 bits per heavy atom. The Kier molecular flexibility index (Phi) is 2.73. The predicted octanol–water partition coefficient (Wildman–Crippen LogP) is 1.37. The molecule has 2 rings (SSSR count). The number of aryl methyl sites for hydroxylation is 3. The van der Waals surface area contributed by atoms with Gasteiger partial charge in [-0.15, -0.1) is 0 Å². The first-order valence-corrected chi connectivity index (χ1v) is 5.28. The van der Waals surface area contributed by atoms with Crippen LogP contribution in [0.1, 0.15) is 17.0 Å². The van der Waals surface area contributed by atoms with E-state index in [1.54, 1.807) is 15.6 Å². The van der Waals surface area contributed by atoms with E-state index in [0.717, 1.165) is 22.8 Å². The topological polar surface area (TPSA) is 55.9 Å². The molecule has 0 radical (unpaired) electrons. The van der Waals surface area contributed by atoms with E-state index in [-0.39, 0.29) is 6.61 Å². The first kappa shape index (κ1) is 11.2. The van der Waals surface area contributed by atoms with Gasteiger partial charge in [0.15, 0.2) is 5.82 Å². The summed E-state index contributed by atoms with van der Waals surface area (Å²) in [5.41, 5.74) is 2.32. The molecule has 2 aromatic heterocycles. The van der Waals surface area contributed by atoms with E-state index in [0.29, 0.717) is 5.02 Å². The third kappa shape index (κ3) is 1.62. The van der Waals surface area contributed by atoms with Crippen LogP contribution >= 0.6 is 11.6 Å². The third-order valence-electron chi connectivity index (χ3n) is 2.53. The monoisotopic (exact) mass is 240 g/mol. The molecule has 2 heterocycles. The van der Waals surface area contributed by atoms with E-state index in [9.17, 15) is 5.11 Å². The fraction of sp³-hybridized carbons (Fsp3) is 0.400. The number of aliphatic hydroxyl groups excluding tert-OH is 1. The molecule has 0 unspecified atom stereocenters. The quantitative estimate of drug-likeness (QED) is 0.863. The number of aliphatic hydroxyl groups is 1. The first-order valence-electron chi connectivity index (χ1n) is 4.90. The van der Waals surface area contributed by atoms with E-state index >= 15 is 0 Å². The molecule has 1 N–H and O–H groups in total. The van der Waals surface area contributed by atoms with Gasteiger partial charge < -0.3 is 5.11 Å². The van der Waals surface area contributed by atoms with Crippen LogP contribution in [0, 0.1) is 13.8 Å². The Morgan fingerprint density at radius 1 is 1.31 bits per heavy atom. The zero-order valence-corrected chi connectivity index (χ0v) is 10.2. The first-order chi connectivity index (χ1) is 7.54. The number of aromatic nitrogens is 4. The maximum atomic E-state index is 9.32. The Morgan fingerprint density at radius 3 is 2.50 bits per heavy atom. The summed E-state index contributed by atoms with van der Waals surface area (Å²) in [6.45, 7) is 3.62. The van der Waals surface area contributed by atoms with Crippen molar-refractivity contribution in [2.45, 2.75) is 20.5 Å². The van der Waals surface area contributed by atoms with Gasteiger partial charge in [0.05, 0.1) is 29.2 Å². The van der Waals surface area contributed by atoms with Gasteiger partial charge >= 0.3 is 0 Å². The minimum atomic E-state index is -0.0640. The van der Waals surface area contributed by atoms with Crippen LogP contribution in [0.2, 0.25) is 5.02 Å². The third-order valence-corrected chi connectivity index (χ3v) is 2.90. The second-order valence-electron chi connectivity index (χ2n) is 3.68. The van der Waals surface area contributed by atoms with Gasteiger partial charge in [0, 0.05) is 12.6 Å². The van der Waals surface area contributed by atoms with Gasteiger partial charge in [-0.2, -0.15) is 10.2 Å². The lowest BCUT2D eigenvalue weighted by atomic mass is 10.2. The molecule has 0 aliphatic carbocycles. The highest BCUT2D eigenvalue weighted by molar-refractivity contribution is 6.31. The smallest absolute Gasteiger partial charge is 0.157 e. The maximum absolute atomic E-state index is 9.32. The van der Waals surface area contributed by atoms with Gasteiger partial charge in [-0.25, -0.2) is 4.68 Å². The summed E-state index contributed by atoms with van der Waals surface area (Å²) in [5, 5.41) is 18.4. The molecule has 0 saturated heterocycles. The van der Waals surface area contributed by atoms with E-state index in [4.69, 9.17) is 11.6 Å². The minimum absolute atomic E-state index is 0.0640. The summed E-state index contributed by atoms with van der Waals surface area (Å²) in [6.07, 6.45) is 1.71. The molecule has 16 heavy (non-hydrogen) atoms. The fourth-order valence-corrected chi connectivity index (χ4v) is 1.84. The van der Waals surface area contributed by atoms with Gasteiger partial charge in [-0.05, 0) is 13.8 Å². The molecule has 6 heteroatoms. The van der Waals surface area contributed by atoms with Gasteiger partial charge in [0.1, 0.15) is 0 Å². The lowest BCUT2D eigenvalue weighted by Gasteiger charge is -2.03. The minimum Gasteiger partial charge on any atom is -0.391 e. The van der Waals surface area contributed by atoms with E-state index in [1.165, 1.54) is 0 Å². The molecular weight excluding hydrogens is 228 g/mol. The van der Waals surface area contributed by atoms with Crippen LogP contribution in [0.3, 0.4) is 0 Å². The lowest BCUT2D eigenvalue weighted by molar-refractivity contribution is 0.280. The fourth-order valence-electron chi connectivity index (χ4n) is 1.71. The van der Waals surface area contributed by atoms with E-state index in [1.807, 2.05) is 20.9 Å². The molecule has 0 aromatic carbocycles. The second-order valence-corrected chi connectivity index (χ2v) is 4.08. The van der Waals surface area contributed by atoms with Crippen molar-refractivity contribution in [1.29, 1.82) is 0 Å². The molecule has 0 bridgehead atoms. The average molecular weight is 241 g/mol. The number of rotatable bonds is 2. The van der Waals surface area contributed by atoms with Crippen LogP contribution in [-0.2, 0) is 13.7 Å². The van der Waals surface area contributed by atoms with Crippen LogP contribution in [-0.4, -0.2) is 24.7 Å². The summed E-state index contributed by atoms with van der Waals surface area (Å²) in [4.78, 5) is 0. The van der Waals surface area contributed by atoms with Crippen LogP contribution in [0.5, 0.6) is 0 Å². The molecule has 0 aliphatic heterocycles. The molecular formula is C10H13ClN4O. The number of halogens is 1. The van der Waals surface area contributed by atoms with E-state index in [2.05, 4.69) is 10.2 Å². The van der Waals surface area contributed by atoms with Crippen molar-refractivity contribution < 1.29 is 5.11 Å². The van der Waals surface area contributed by atoms with Crippen molar-refractivity contribution in [2.75, 3.05) is 0 Å². The highest BCUT2D eigenvalue weighted by Crippen LogP contribution is 2.20. The SMILES string of the molecule is Cc1nn(-c2c(CO)c(C)nn2C)cc1Cl. The van der Waals surface area contributed by atoms with Gasteiger partial charge in [0.25, 0.3) is 0 Å². The van der Waals surface area contributed by atoms with Crippen molar-refractivity contribution in [2.24, 2.45) is 7.05 Å². The van der Waals surface area contributed by atoms with Crippen LogP contribution in [0.25, 0.3) is 5.82 Å². The molecule has 0 fully saturated rings. The van der Waals surface area contributed by atoms with Crippen molar-refractivity contribution in [3.8, 4) is 5.82 Å². The highest BCUT2D eigenvalue weighted by Gasteiger charge is 2.15. The molecule has 5 nitrogen and oxygen atoms in total. The van der Waals surface area contributed by atoms with Crippen molar-refractivity contribution >= 4 is 11.6 Å². The summed E-state index contributed by atoms with van der Waals surface area (Å²) in [5.74, 6) is 0.745. The molecule has 0 aliphatic rings. The van der Waals surface area contributed by atoms with Crippen molar-refractivity contribution in [1.82, 2.24) is 19.6 Å². The number of hydrogen-bond donors (Lipinski definition) is 1. The Bertz CT molecular complexity index is 510. The number of hydrogen-bond acceptors (Lipinski definition) is 3. The molecule has 0 spiro atoms.